The molecule has 4 N–H and O–H groups in total. The van der Waals surface area contributed by atoms with Crippen LogP contribution < -0.4 is 16.5 Å². The fourth-order valence-electron chi connectivity index (χ4n) is 2.74. The topological polar surface area (TPSA) is 123 Å². The van der Waals surface area contributed by atoms with Gasteiger partial charge >= 0.3 is 6.03 Å². The van der Waals surface area contributed by atoms with Crippen molar-refractivity contribution >= 4 is 23.3 Å². The molecule has 0 saturated carbocycles. The average molecular weight is 327 g/mol. The Kier molecular flexibility index (Phi) is 4.28. The molecule has 2 aromatic rings. The second kappa shape index (κ2) is 6.53. The number of nitrogens with zero attached hydrogens (tertiary/aromatic N) is 2. The van der Waals surface area contributed by atoms with Gasteiger partial charge in [0, 0.05) is 35.6 Å². The number of fused-ring (bicyclic) bond motifs is 1. The maximum absolute atomic E-state index is 12.5. The molecule has 8 nitrogen and oxygen atoms in total. The minimum Gasteiger partial charge on any atom is -0.455 e. The molecule has 8 heteroatoms. The summed E-state index contributed by atoms with van der Waals surface area (Å²) in [5.41, 5.74) is 10.1. The van der Waals surface area contributed by atoms with Gasteiger partial charge in [-0.1, -0.05) is 0 Å². The van der Waals surface area contributed by atoms with E-state index in [-0.39, 0.29) is 11.7 Å². The third kappa shape index (κ3) is 3.12. The summed E-state index contributed by atoms with van der Waals surface area (Å²) >= 11 is 0. The maximum Gasteiger partial charge on any atom is 0.332 e. The quantitative estimate of drug-likeness (QED) is 0.745. The van der Waals surface area contributed by atoms with Gasteiger partial charge in [0.1, 0.15) is 5.76 Å². The van der Waals surface area contributed by atoms with Crippen LogP contribution >= 0.6 is 0 Å². The number of aryl methyl sites for hydroxylation is 1. The Morgan fingerprint density at radius 3 is 2.75 bits per heavy atom. The number of aromatic nitrogens is 1. The summed E-state index contributed by atoms with van der Waals surface area (Å²) in [6.07, 6.45) is 5.41. The smallest absolute Gasteiger partial charge is 0.332 e. The molecule has 0 radical (unpaired) electrons. The lowest BCUT2D eigenvalue weighted by Gasteiger charge is -2.13. The van der Waals surface area contributed by atoms with E-state index in [0.29, 0.717) is 35.6 Å². The van der Waals surface area contributed by atoms with Gasteiger partial charge in [0.05, 0.1) is 5.71 Å². The number of nitrogens with two attached hydrogens (primary N) is 1. The van der Waals surface area contributed by atoms with Gasteiger partial charge in [0.15, 0.2) is 5.76 Å². The molecule has 0 bridgehead atoms. The highest BCUT2D eigenvalue weighted by atomic mass is 16.4. The van der Waals surface area contributed by atoms with E-state index in [2.05, 4.69) is 20.8 Å². The molecule has 0 unspecified atom stereocenters. The van der Waals surface area contributed by atoms with Crippen molar-refractivity contribution in [2.24, 2.45) is 10.8 Å². The van der Waals surface area contributed by atoms with Crippen molar-refractivity contribution in [3.8, 4) is 0 Å². The van der Waals surface area contributed by atoms with Crippen molar-refractivity contribution in [3.63, 3.8) is 0 Å². The minimum absolute atomic E-state index is 0.241. The zero-order valence-corrected chi connectivity index (χ0v) is 13.1. The molecular weight excluding hydrogens is 310 g/mol. The Morgan fingerprint density at radius 1 is 1.29 bits per heavy atom. The van der Waals surface area contributed by atoms with Crippen LogP contribution in [0, 0.1) is 6.92 Å². The second-order valence-corrected chi connectivity index (χ2v) is 5.43. The van der Waals surface area contributed by atoms with Crippen LogP contribution in [0.15, 0.2) is 34.0 Å². The Bertz CT molecular complexity index is 811. The Balaban J connectivity index is 1.90. The SMILES string of the molecule is Cc1c(C(=O)Nc2ccncc2)oc2c1/C(=N/NC(N)=O)CCC2. The Labute approximate surface area is 138 Å². The van der Waals surface area contributed by atoms with Crippen LogP contribution in [0.25, 0.3) is 0 Å². The summed E-state index contributed by atoms with van der Waals surface area (Å²) in [7, 11) is 0. The summed E-state index contributed by atoms with van der Waals surface area (Å²) in [6, 6.07) is 2.66. The van der Waals surface area contributed by atoms with Crippen LogP contribution in [0.1, 0.15) is 40.3 Å². The third-order valence-electron chi connectivity index (χ3n) is 3.77. The average Bonchev–Trinajstić information content (AvgIpc) is 2.91. The molecule has 0 aliphatic heterocycles. The van der Waals surface area contributed by atoms with E-state index in [1.807, 2.05) is 0 Å². The Morgan fingerprint density at radius 2 is 2.04 bits per heavy atom. The molecule has 24 heavy (non-hydrogen) atoms. The number of pyridine rings is 1. The number of carbonyl (C=O) groups is 2. The van der Waals surface area contributed by atoms with E-state index in [4.69, 9.17) is 10.2 Å². The number of hydrogen-bond acceptors (Lipinski definition) is 5. The van der Waals surface area contributed by atoms with Crippen LogP contribution in [-0.4, -0.2) is 22.6 Å². The molecule has 1 aliphatic rings. The first-order valence-corrected chi connectivity index (χ1v) is 7.52. The molecule has 0 saturated heterocycles. The number of hydrogen-bond donors (Lipinski definition) is 3. The summed E-state index contributed by atoms with van der Waals surface area (Å²) in [5.74, 6) is 0.601. The van der Waals surface area contributed by atoms with E-state index in [9.17, 15) is 9.59 Å². The number of rotatable bonds is 3. The van der Waals surface area contributed by atoms with Crippen LogP contribution in [0.2, 0.25) is 0 Å². The van der Waals surface area contributed by atoms with E-state index < -0.39 is 6.03 Å². The lowest BCUT2D eigenvalue weighted by Crippen LogP contribution is -2.27. The fraction of sp³-hybridized carbons (Fsp3) is 0.250. The van der Waals surface area contributed by atoms with Gasteiger partial charge in [-0.05, 0) is 31.9 Å². The first kappa shape index (κ1) is 15.7. The number of carbonyl (C=O) groups excluding carboxylic acids is 2. The van der Waals surface area contributed by atoms with Crippen molar-refractivity contribution in [3.05, 3.63) is 47.2 Å². The van der Waals surface area contributed by atoms with Gasteiger partial charge in [-0.15, -0.1) is 0 Å². The van der Waals surface area contributed by atoms with Gasteiger partial charge in [-0.2, -0.15) is 5.10 Å². The van der Waals surface area contributed by atoms with Crippen molar-refractivity contribution in [2.45, 2.75) is 26.2 Å². The first-order valence-electron chi connectivity index (χ1n) is 7.52. The zero-order chi connectivity index (χ0) is 17.1. The summed E-state index contributed by atoms with van der Waals surface area (Å²) in [5, 5.41) is 6.80. The molecule has 2 heterocycles. The van der Waals surface area contributed by atoms with Gasteiger partial charge in [-0.25, -0.2) is 10.2 Å². The monoisotopic (exact) mass is 327 g/mol. The van der Waals surface area contributed by atoms with Crippen molar-refractivity contribution in [1.29, 1.82) is 0 Å². The molecule has 0 aromatic carbocycles. The lowest BCUT2D eigenvalue weighted by atomic mass is 9.93. The second-order valence-electron chi connectivity index (χ2n) is 5.43. The molecule has 2 aromatic heterocycles. The maximum atomic E-state index is 12.5. The largest absolute Gasteiger partial charge is 0.455 e. The molecule has 124 valence electrons. The summed E-state index contributed by atoms with van der Waals surface area (Å²) < 4.78 is 5.76. The van der Waals surface area contributed by atoms with Crippen LogP contribution in [0.5, 0.6) is 0 Å². The van der Waals surface area contributed by atoms with Crippen molar-refractivity contribution in [1.82, 2.24) is 10.4 Å². The van der Waals surface area contributed by atoms with Gasteiger partial charge < -0.3 is 15.5 Å². The third-order valence-corrected chi connectivity index (χ3v) is 3.77. The molecule has 0 atom stereocenters. The van der Waals surface area contributed by atoms with Gasteiger partial charge in [-0.3, -0.25) is 9.78 Å². The molecule has 0 fully saturated rings. The number of hydrazone groups is 1. The molecular formula is C16H17N5O3. The number of amides is 3. The van der Waals surface area contributed by atoms with Crippen LogP contribution in [0.4, 0.5) is 10.5 Å². The number of urea groups is 1. The van der Waals surface area contributed by atoms with Crippen LogP contribution in [-0.2, 0) is 6.42 Å². The molecule has 3 amide bonds. The minimum atomic E-state index is -0.730. The Hall–Kier alpha value is -3.16. The lowest BCUT2D eigenvalue weighted by molar-refractivity contribution is 0.0994. The first-order chi connectivity index (χ1) is 11.6. The molecule has 3 rings (SSSR count). The normalized spacial score (nSPS) is 15.0. The van der Waals surface area contributed by atoms with Crippen molar-refractivity contribution < 1.29 is 14.0 Å². The summed E-state index contributed by atoms with van der Waals surface area (Å²) in [4.78, 5) is 27.2. The molecule has 1 aliphatic carbocycles. The predicted octanol–water partition coefficient (Wildman–Crippen LogP) is 1.94. The van der Waals surface area contributed by atoms with Crippen LogP contribution in [0.3, 0.4) is 0 Å². The highest BCUT2D eigenvalue weighted by Crippen LogP contribution is 2.30. The van der Waals surface area contributed by atoms with E-state index >= 15 is 0 Å². The van der Waals surface area contributed by atoms with E-state index in [0.717, 1.165) is 12.0 Å². The van der Waals surface area contributed by atoms with Crippen molar-refractivity contribution in [2.75, 3.05) is 5.32 Å². The number of nitrogens with one attached hydrogen (secondary N) is 2. The fourth-order valence-corrected chi connectivity index (χ4v) is 2.74. The van der Waals surface area contributed by atoms with Gasteiger partial charge in [0.2, 0.25) is 0 Å². The van der Waals surface area contributed by atoms with E-state index in [1.165, 1.54) is 0 Å². The molecule has 0 spiro atoms. The number of primary amides is 1. The zero-order valence-electron chi connectivity index (χ0n) is 13.1. The van der Waals surface area contributed by atoms with E-state index in [1.54, 1.807) is 31.5 Å². The highest BCUT2D eigenvalue weighted by Gasteiger charge is 2.28. The summed E-state index contributed by atoms with van der Waals surface area (Å²) in [6.45, 7) is 1.80. The number of anilines is 1. The standard InChI is InChI=1S/C16H17N5O3/c1-9-13-11(20-21-16(17)23)3-2-4-12(13)24-14(9)15(22)19-10-5-7-18-8-6-10/h5-8H,2-4H2,1H3,(H3,17,21,23)(H,18,19,22)/b20-11+. The predicted molar refractivity (Wildman–Crippen MR) is 87.8 cm³/mol. The highest BCUT2D eigenvalue weighted by molar-refractivity contribution is 6.09. The number of furan rings is 1. The van der Waals surface area contributed by atoms with Gasteiger partial charge in [0.25, 0.3) is 5.91 Å².